The molecule has 1 N–H and O–H groups in total. The molecule has 2 aromatic carbocycles. The molecule has 6 heteroatoms. The topological polar surface area (TPSA) is 69.7 Å². The molecule has 0 aromatic heterocycles. The van der Waals surface area contributed by atoms with Gasteiger partial charge in [-0.2, -0.15) is 0 Å². The molecule has 1 spiro atoms. The number of hydrogen-bond donors (Lipinski definition) is 1. The highest BCUT2D eigenvalue weighted by Gasteiger charge is 2.55. The standard InChI is InChI=1S/C23H23N3O3/c1-15-8-9-19-17(13-15)6-4-12-25(19)20(27)14-26-21(28)23(24-22(26)29)11-10-16-5-2-3-7-18(16)23/h2-3,5,7-9,13H,4,6,10-12,14H2,1H3,(H,24,29). The van der Waals surface area contributed by atoms with Crippen LogP contribution in [0.4, 0.5) is 10.5 Å². The Bertz CT molecular complexity index is 1050. The number of nitrogens with zero attached hydrogens (tertiary/aromatic N) is 2. The molecule has 1 aliphatic carbocycles. The molecular formula is C23H23N3O3. The number of imide groups is 1. The van der Waals surface area contributed by atoms with Crippen LogP contribution < -0.4 is 10.2 Å². The van der Waals surface area contributed by atoms with Gasteiger partial charge >= 0.3 is 6.03 Å². The normalized spacial score (nSPS) is 22.7. The molecule has 6 nitrogen and oxygen atoms in total. The number of amides is 4. The Morgan fingerprint density at radius 1 is 1.10 bits per heavy atom. The van der Waals surface area contributed by atoms with Gasteiger partial charge in [-0.1, -0.05) is 42.0 Å². The first-order chi connectivity index (χ1) is 14.0. The lowest BCUT2D eigenvalue weighted by Crippen LogP contribution is -2.46. The fourth-order valence-corrected chi connectivity index (χ4v) is 4.94. The quantitative estimate of drug-likeness (QED) is 0.803. The summed E-state index contributed by atoms with van der Waals surface area (Å²) in [6.07, 6.45) is 3.08. The number of anilines is 1. The van der Waals surface area contributed by atoms with Gasteiger partial charge in [0.05, 0.1) is 0 Å². The van der Waals surface area contributed by atoms with Crippen molar-refractivity contribution < 1.29 is 14.4 Å². The molecule has 29 heavy (non-hydrogen) atoms. The van der Waals surface area contributed by atoms with Crippen molar-refractivity contribution in [1.29, 1.82) is 0 Å². The minimum atomic E-state index is -1.02. The van der Waals surface area contributed by atoms with Crippen LogP contribution in [0.5, 0.6) is 0 Å². The van der Waals surface area contributed by atoms with Crippen molar-refractivity contribution in [3.63, 3.8) is 0 Å². The molecule has 0 radical (unpaired) electrons. The number of hydrogen-bond acceptors (Lipinski definition) is 3. The van der Waals surface area contributed by atoms with Crippen molar-refractivity contribution in [2.45, 2.75) is 38.1 Å². The highest BCUT2D eigenvalue weighted by atomic mass is 16.2. The van der Waals surface area contributed by atoms with Gasteiger partial charge < -0.3 is 10.2 Å². The van der Waals surface area contributed by atoms with E-state index in [-0.39, 0.29) is 18.4 Å². The van der Waals surface area contributed by atoms with Crippen molar-refractivity contribution in [3.8, 4) is 0 Å². The second-order valence-corrected chi connectivity index (χ2v) is 8.17. The van der Waals surface area contributed by atoms with Gasteiger partial charge in [-0.15, -0.1) is 0 Å². The number of fused-ring (bicyclic) bond motifs is 3. The van der Waals surface area contributed by atoms with Gasteiger partial charge in [0.15, 0.2) is 0 Å². The van der Waals surface area contributed by atoms with E-state index in [0.717, 1.165) is 52.1 Å². The highest BCUT2D eigenvalue weighted by molar-refractivity contribution is 6.11. The van der Waals surface area contributed by atoms with Gasteiger partial charge in [-0.05, 0) is 55.4 Å². The highest BCUT2D eigenvalue weighted by Crippen LogP contribution is 2.41. The Morgan fingerprint density at radius 2 is 1.93 bits per heavy atom. The lowest BCUT2D eigenvalue weighted by molar-refractivity contribution is -0.134. The molecule has 2 heterocycles. The van der Waals surface area contributed by atoms with E-state index in [1.54, 1.807) is 4.90 Å². The van der Waals surface area contributed by atoms with Gasteiger partial charge in [0.1, 0.15) is 12.1 Å². The van der Waals surface area contributed by atoms with Crippen LogP contribution in [-0.2, 0) is 28.0 Å². The van der Waals surface area contributed by atoms with E-state index in [4.69, 9.17) is 0 Å². The first-order valence-electron chi connectivity index (χ1n) is 10.1. The number of benzene rings is 2. The van der Waals surface area contributed by atoms with Gasteiger partial charge in [0, 0.05) is 12.2 Å². The van der Waals surface area contributed by atoms with Gasteiger partial charge in [0.2, 0.25) is 5.91 Å². The van der Waals surface area contributed by atoms with Crippen LogP contribution in [0.2, 0.25) is 0 Å². The first kappa shape index (κ1) is 17.9. The van der Waals surface area contributed by atoms with Gasteiger partial charge in [-0.3, -0.25) is 14.5 Å². The molecule has 2 aliphatic heterocycles. The maximum absolute atomic E-state index is 13.3. The Kier molecular flexibility index (Phi) is 3.98. The van der Waals surface area contributed by atoms with Crippen molar-refractivity contribution in [2.75, 3.05) is 18.0 Å². The Morgan fingerprint density at radius 3 is 2.79 bits per heavy atom. The average Bonchev–Trinajstić information content (AvgIpc) is 3.20. The van der Waals surface area contributed by atoms with E-state index in [2.05, 4.69) is 11.4 Å². The third-order valence-corrected chi connectivity index (χ3v) is 6.37. The van der Waals surface area contributed by atoms with Crippen LogP contribution in [0.1, 0.15) is 35.1 Å². The summed E-state index contributed by atoms with van der Waals surface area (Å²) in [7, 11) is 0. The third-order valence-electron chi connectivity index (χ3n) is 6.37. The number of nitrogens with one attached hydrogen (secondary N) is 1. The van der Waals surface area contributed by atoms with E-state index in [1.165, 1.54) is 0 Å². The molecule has 1 saturated heterocycles. The van der Waals surface area contributed by atoms with Crippen molar-refractivity contribution in [1.82, 2.24) is 10.2 Å². The molecule has 1 atom stereocenters. The van der Waals surface area contributed by atoms with Gasteiger partial charge in [0.25, 0.3) is 5.91 Å². The minimum Gasteiger partial charge on any atom is -0.319 e. The third kappa shape index (κ3) is 2.66. The number of aryl methyl sites for hydroxylation is 3. The van der Waals surface area contributed by atoms with Crippen LogP contribution in [0, 0.1) is 6.92 Å². The Hall–Kier alpha value is -3.15. The zero-order chi connectivity index (χ0) is 20.2. The molecule has 0 bridgehead atoms. The monoisotopic (exact) mass is 389 g/mol. The molecule has 0 saturated carbocycles. The van der Waals surface area contributed by atoms with E-state index in [9.17, 15) is 14.4 Å². The molecule has 1 fully saturated rings. The van der Waals surface area contributed by atoms with Crippen LogP contribution >= 0.6 is 0 Å². The summed E-state index contributed by atoms with van der Waals surface area (Å²) >= 11 is 0. The molecule has 3 aliphatic rings. The first-order valence-corrected chi connectivity index (χ1v) is 10.1. The summed E-state index contributed by atoms with van der Waals surface area (Å²) in [5, 5.41) is 2.89. The molecule has 4 amide bonds. The average molecular weight is 389 g/mol. The van der Waals surface area contributed by atoms with Crippen LogP contribution in [-0.4, -0.2) is 35.8 Å². The second kappa shape index (κ2) is 6.44. The SMILES string of the molecule is Cc1ccc2c(c1)CCCN2C(=O)CN1C(=O)NC2(CCc3ccccc32)C1=O. The molecule has 5 rings (SSSR count). The zero-order valence-electron chi connectivity index (χ0n) is 16.4. The maximum Gasteiger partial charge on any atom is 0.325 e. The smallest absolute Gasteiger partial charge is 0.319 e. The molecule has 148 valence electrons. The number of rotatable bonds is 2. The predicted molar refractivity (Wildman–Crippen MR) is 109 cm³/mol. The summed E-state index contributed by atoms with van der Waals surface area (Å²) in [4.78, 5) is 41.9. The zero-order valence-corrected chi connectivity index (χ0v) is 16.4. The Balaban J connectivity index is 1.40. The van der Waals surface area contributed by atoms with Crippen molar-refractivity contribution in [3.05, 3.63) is 64.7 Å². The fourth-order valence-electron chi connectivity index (χ4n) is 4.94. The van der Waals surface area contributed by atoms with Crippen molar-refractivity contribution >= 4 is 23.5 Å². The summed E-state index contributed by atoms with van der Waals surface area (Å²) in [6, 6.07) is 13.3. The lowest BCUT2D eigenvalue weighted by atomic mass is 9.92. The summed E-state index contributed by atoms with van der Waals surface area (Å²) in [5.74, 6) is -0.538. The van der Waals surface area contributed by atoms with Gasteiger partial charge in [-0.25, -0.2) is 4.79 Å². The molecule has 1 unspecified atom stereocenters. The Labute approximate surface area is 169 Å². The summed E-state index contributed by atoms with van der Waals surface area (Å²) in [5.41, 5.74) is 4.10. The number of carbonyl (C=O) groups is 3. The van der Waals surface area contributed by atoms with Crippen LogP contribution in [0.25, 0.3) is 0 Å². The van der Waals surface area contributed by atoms with E-state index >= 15 is 0 Å². The largest absolute Gasteiger partial charge is 0.325 e. The van der Waals surface area contributed by atoms with E-state index < -0.39 is 11.6 Å². The summed E-state index contributed by atoms with van der Waals surface area (Å²) < 4.78 is 0. The van der Waals surface area contributed by atoms with E-state index in [1.807, 2.05) is 43.3 Å². The maximum atomic E-state index is 13.3. The molecular weight excluding hydrogens is 366 g/mol. The summed E-state index contributed by atoms with van der Waals surface area (Å²) in [6.45, 7) is 2.40. The van der Waals surface area contributed by atoms with Crippen LogP contribution in [0.15, 0.2) is 42.5 Å². The van der Waals surface area contributed by atoms with E-state index in [0.29, 0.717) is 13.0 Å². The second-order valence-electron chi connectivity index (χ2n) is 8.17. The minimum absolute atomic E-state index is 0.221. The predicted octanol–water partition coefficient (Wildman–Crippen LogP) is 2.67. The lowest BCUT2D eigenvalue weighted by Gasteiger charge is -2.31. The fraction of sp³-hybridized carbons (Fsp3) is 0.348. The number of carbonyl (C=O) groups excluding carboxylic acids is 3. The number of urea groups is 1. The van der Waals surface area contributed by atoms with Crippen molar-refractivity contribution in [2.24, 2.45) is 0 Å². The molecule has 2 aromatic rings. The van der Waals surface area contributed by atoms with Crippen LogP contribution in [0.3, 0.4) is 0 Å².